The van der Waals surface area contributed by atoms with Gasteiger partial charge in [-0.3, -0.25) is 4.68 Å². The highest BCUT2D eigenvalue weighted by molar-refractivity contribution is 5.11. The maximum Gasteiger partial charge on any atom is 0.0793 e. The molecule has 0 saturated heterocycles. The van der Waals surface area contributed by atoms with Crippen LogP contribution in [0.5, 0.6) is 0 Å². The molecular weight excluding hydrogens is 126 g/mol. The molecule has 1 aromatic heterocycles. The lowest BCUT2D eigenvalue weighted by atomic mass is 10.3. The standard InChI is InChI=1S/C7H9N3/c1-6-5-7(3-4-8)9-10(6)2/h5H,3H2,1-2H3. The van der Waals surface area contributed by atoms with Gasteiger partial charge in [0.05, 0.1) is 18.2 Å². The van der Waals surface area contributed by atoms with Crippen LogP contribution < -0.4 is 0 Å². The summed E-state index contributed by atoms with van der Waals surface area (Å²) < 4.78 is 1.77. The van der Waals surface area contributed by atoms with Gasteiger partial charge in [-0.25, -0.2) is 0 Å². The van der Waals surface area contributed by atoms with Crippen LogP contribution in [0.3, 0.4) is 0 Å². The highest BCUT2D eigenvalue weighted by atomic mass is 15.3. The molecule has 0 aromatic carbocycles. The molecule has 0 saturated carbocycles. The van der Waals surface area contributed by atoms with Crippen molar-refractivity contribution < 1.29 is 0 Å². The van der Waals surface area contributed by atoms with Gasteiger partial charge in [0, 0.05) is 12.7 Å². The van der Waals surface area contributed by atoms with Crippen LogP contribution in [0, 0.1) is 18.3 Å². The van der Waals surface area contributed by atoms with Crippen LogP contribution in [0.1, 0.15) is 11.4 Å². The number of hydrogen-bond acceptors (Lipinski definition) is 2. The molecule has 3 nitrogen and oxygen atoms in total. The van der Waals surface area contributed by atoms with Crippen molar-refractivity contribution in [1.82, 2.24) is 9.78 Å². The molecule has 0 aliphatic rings. The molecule has 3 heteroatoms. The maximum absolute atomic E-state index is 8.32. The minimum atomic E-state index is 0.404. The summed E-state index contributed by atoms with van der Waals surface area (Å²) in [6, 6.07) is 3.97. The first kappa shape index (κ1) is 6.81. The molecule has 0 N–H and O–H groups in total. The van der Waals surface area contributed by atoms with E-state index in [0.29, 0.717) is 6.42 Å². The molecule has 0 radical (unpaired) electrons. The lowest BCUT2D eigenvalue weighted by molar-refractivity contribution is 0.727. The van der Waals surface area contributed by atoms with Crippen LogP contribution in [-0.2, 0) is 13.5 Å². The minimum absolute atomic E-state index is 0.404. The zero-order valence-corrected chi connectivity index (χ0v) is 6.13. The van der Waals surface area contributed by atoms with Gasteiger partial charge in [0.25, 0.3) is 0 Å². The van der Waals surface area contributed by atoms with Crippen molar-refractivity contribution >= 4 is 0 Å². The first-order valence-corrected chi connectivity index (χ1v) is 3.10. The van der Waals surface area contributed by atoms with Crippen molar-refractivity contribution in [3.05, 3.63) is 17.5 Å². The van der Waals surface area contributed by atoms with Gasteiger partial charge in [-0.2, -0.15) is 10.4 Å². The zero-order valence-electron chi connectivity index (χ0n) is 6.13. The molecule has 0 aliphatic carbocycles. The Morgan fingerprint density at radius 1 is 1.80 bits per heavy atom. The maximum atomic E-state index is 8.32. The highest BCUT2D eigenvalue weighted by Gasteiger charge is 1.98. The van der Waals surface area contributed by atoms with Gasteiger partial charge >= 0.3 is 0 Å². The lowest BCUT2D eigenvalue weighted by Gasteiger charge is -1.88. The number of aryl methyl sites for hydroxylation is 2. The van der Waals surface area contributed by atoms with Crippen molar-refractivity contribution in [2.75, 3.05) is 0 Å². The Kier molecular flexibility index (Phi) is 1.72. The van der Waals surface area contributed by atoms with Gasteiger partial charge in [0.2, 0.25) is 0 Å². The lowest BCUT2D eigenvalue weighted by Crippen LogP contribution is -1.93. The number of nitriles is 1. The summed E-state index contributed by atoms with van der Waals surface area (Å²) in [5, 5.41) is 12.4. The first-order valence-electron chi connectivity index (χ1n) is 3.10. The van der Waals surface area contributed by atoms with E-state index in [9.17, 15) is 0 Å². The first-order chi connectivity index (χ1) is 4.74. The van der Waals surface area contributed by atoms with E-state index < -0.39 is 0 Å². The van der Waals surface area contributed by atoms with E-state index in [2.05, 4.69) is 5.10 Å². The normalized spacial score (nSPS) is 9.30. The molecule has 0 unspecified atom stereocenters. The molecule has 0 aliphatic heterocycles. The van der Waals surface area contributed by atoms with Crippen LogP contribution in [0.25, 0.3) is 0 Å². The van der Waals surface area contributed by atoms with Crippen LogP contribution in [-0.4, -0.2) is 9.78 Å². The SMILES string of the molecule is Cc1cc(CC#N)nn1C. The monoisotopic (exact) mass is 135 g/mol. The van der Waals surface area contributed by atoms with Gasteiger partial charge < -0.3 is 0 Å². The highest BCUT2D eigenvalue weighted by Crippen LogP contribution is 2.00. The summed E-state index contributed by atoms with van der Waals surface area (Å²) in [6.07, 6.45) is 0.404. The Bertz CT molecular complexity index is 247. The average Bonchev–Trinajstić information content (AvgIpc) is 2.14. The average molecular weight is 135 g/mol. The summed E-state index contributed by atoms with van der Waals surface area (Å²) in [5.74, 6) is 0. The molecular formula is C7H9N3. The Balaban J connectivity index is 2.90. The number of nitrogens with zero attached hydrogens (tertiary/aromatic N) is 3. The van der Waals surface area contributed by atoms with E-state index >= 15 is 0 Å². The second-order valence-electron chi connectivity index (χ2n) is 2.24. The van der Waals surface area contributed by atoms with Crippen molar-refractivity contribution in [2.45, 2.75) is 13.3 Å². The van der Waals surface area contributed by atoms with Crippen molar-refractivity contribution in [3.8, 4) is 6.07 Å². The fourth-order valence-corrected chi connectivity index (χ4v) is 0.802. The Labute approximate surface area is 59.9 Å². The molecule has 52 valence electrons. The summed E-state index contributed by atoms with van der Waals surface area (Å²) in [7, 11) is 1.87. The van der Waals surface area contributed by atoms with Gasteiger partial charge in [-0.05, 0) is 13.0 Å². The van der Waals surface area contributed by atoms with E-state index in [4.69, 9.17) is 5.26 Å². The van der Waals surface area contributed by atoms with E-state index in [0.717, 1.165) is 11.4 Å². The number of aromatic nitrogens is 2. The fourth-order valence-electron chi connectivity index (χ4n) is 0.802. The van der Waals surface area contributed by atoms with Crippen LogP contribution >= 0.6 is 0 Å². The topological polar surface area (TPSA) is 41.6 Å². The predicted octanol–water partition coefficient (Wildman–Crippen LogP) is 0.795. The molecule has 0 fully saturated rings. The van der Waals surface area contributed by atoms with Crippen LogP contribution in [0.4, 0.5) is 0 Å². The number of hydrogen-bond donors (Lipinski definition) is 0. The predicted molar refractivity (Wildman–Crippen MR) is 37.3 cm³/mol. The molecule has 0 bridgehead atoms. The Hall–Kier alpha value is -1.30. The van der Waals surface area contributed by atoms with Gasteiger partial charge in [0.15, 0.2) is 0 Å². The van der Waals surface area contributed by atoms with Crippen LogP contribution in [0.15, 0.2) is 6.07 Å². The minimum Gasteiger partial charge on any atom is -0.273 e. The van der Waals surface area contributed by atoms with E-state index in [-0.39, 0.29) is 0 Å². The smallest absolute Gasteiger partial charge is 0.0793 e. The third kappa shape index (κ3) is 1.16. The molecule has 0 spiro atoms. The van der Waals surface area contributed by atoms with Gasteiger partial charge in [-0.15, -0.1) is 0 Å². The third-order valence-corrected chi connectivity index (χ3v) is 1.42. The largest absolute Gasteiger partial charge is 0.273 e. The van der Waals surface area contributed by atoms with E-state index in [1.54, 1.807) is 4.68 Å². The molecule has 0 amide bonds. The second-order valence-corrected chi connectivity index (χ2v) is 2.24. The molecule has 1 rings (SSSR count). The summed E-state index contributed by atoms with van der Waals surface area (Å²) in [5.41, 5.74) is 1.94. The molecule has 10 heavy (non-hydrogen) atoms. The molecule has 0 atom stereocenters. The zero-order chi connectivity index (χ0) is 7.56. The van der Waals surface area contributed by atoms with Crippen molar-refractivity contribution in [3.63, 3.8) is 0 Å². The van der Waals surface area contributed by atoms with E-state index in [1.165, 1.54) is 0 Å². The fraction of sp³-hybridized carbons (Fsp3) is 0.429. The number of rotatable bonds is 1. The van der Waals surface area contributed by atoms with Crippen molar-refractivity contribution in [2.24, 2.45) is 7.05 Å². The Morgan fingerprint density at radius 2 is 2.50 bits per heavy atom. The second kappa shape index (κ2) is 2.53. The molecule has 1 heterocycles. The third-order valence-electron chi connectivity index (χ3n) is 1.42. The quantitative estimate of drug-likeness (QED) is 0.571. The van der Waals surface area contributed by atoms with Crippen molar-refractivity contribution in [1.29, 1.82) is 5.26 Å². The summed E-state index contributed by atoms with van der Waals surface area (Å²) >= 11 is 0. The Morgan fingerprint density at radius 3 is 2.90 bits per heavy atom. The summed E-state index contributed by atoms with van der Waals surface area (Å²) in [4.78, 5) is 0. The summed E-state index contributed by atoms with van der Waals surface area (Å²) in [6.45, 7) is 1.97. The van der Waals surface area contributed by atoms with Gasteiger partial charge in [0.1, 0.15) is 0 Å². The van der Waals surface area contributed by atoms with E-state index in [1.807, 2.05) is 26.1 Å². The molecule has 1 aromatic rings. The van der Waals surface area contributed by atoms with Crippen LogP contribution in [0.2, 0.25) is 0 Å². The van der Waals surface area contributed by atoms with Gasteiger partial charge in [-0.1, -0.05) is 0 Å².